The van der Waals surface area contributed by atoms with Gasteiger partial charge in [0.1, 0.15) is 0 Å². The van der Waals surface area contributed by atoms with Crippen LogP contribution in [-0.2, 0) is 6.42 Å². The summed E-state index contributed by atoms with van der Waals surface area (Å²) in [7, 11) is 0. The molecule has 0 spiro atoms. The van der Waals surface area contributed by atoms with Crippen molar-refractivity contribution in [2.24, 2.45) is 0 Å². The highest BCUT2D eigenvalue weighted by Crippen LogP contribution is 2.28. The van der Waals surface area contributed by atoms with E-state index in [0.29, 0.717) is 12.5 Å². The third kappa shape index (κ3) is 2.44. The number of aryl methyl sites for hydroxylation is 1. The van der Waals surface area contributed by atoms with Gasteiger partial charge in [-0.2, -0.15) is 0 Å². The van der Waals surface area contributed by atoms with Crippen LogP contribution in [0.5, 0.6) is 0 Å². The molecule has 0 aliphatic carbocycles. The van der Waals surface area contributed by atoms with E-state index < -0.39 is 5.60 Å². The van der Waals surface area contributed by atoms with Crippen LogP contribution in [0, 0.1) is 6.92 Å². The Balaban J connectivity index is 2.65. The molecule has 1 aromatic heterocycles. The molecule has 1 heterocycles. The van der Waals surface area contributed by atoms with Gasteiger partial charge in [-0.05, 0) is 52.3 Å². The van der Waals surface area contributed by atoms with E-state index in [-0.39, 0.29) is 0 Å². The van der Waals surface area contributed by atoms with E-state index in [0.717, 1.165) is 0 Å². The van der Waals surface area contributed by atoms with Gasteiger partial charge in [0.25, 0.3) is 0 Å². The van der Waals surface area contributed by atoms with Crippen molar-refractivity contribution in [1.29, 1.82) is 0 Å². The zero-order chi connectivity index (χ0) is 13.5. The van der Waals surface area contributed by atoms with E-state index in [4.69, 9.17) is 0 Å². The molecule has 0 saturated carbocycles. The molecule has 0 fully saturated rings. The molecule has 0 bridgehead atoms. The molecule has 0 aliphatic heterocycles. The largest absolute Gasteiger partial charge is 0.390 e. The highest BCUT2D eigenvalue weighted by Gasteiger charge is 2.19. The summed E-state index contributed by atoms with van der Waals surface area (Å²) in [5.74, 6) is 0. The zero-order valence-corrected chi connectivity index (χ0v) is 12.0. The van der Waals surface area contributed by atoms with Crippen LogP contribution in [-0.4, -0.2) is 15.3 Å². The van der Waals surface area contributed by atoms with Crippen molar-refractivity contribution in [2.75, 3.05) is 0 Å². The minimum absolute atomic E-state index is 0.404. The van der Waals surface area contributed by atoms with Gasteiger partial charge in [-0.1, -0.05) is 12.1 Å². The zero-order valence-electron chi connectivity index (χ0n) is 12.0. The van der Waals surface area contributed by atoms with Crippen LogP contribution in [0.25, 0.3) is 10.9 Å². The van der Waals surface area contributed by atoms with Crippen LogP contribution < -0.4 is 0 Å². The Hall–Kier alpha value is -1.28. The number of benzene rings is 1. The topological polar surface area (TPSA) is 25.2 Å². The highest BCUT2D eigenvalue weighted by atomic mass is 16.3. The van der Waals surface area contributed by atoms with Gasteiger partial charge in [-0.25, -0.2) is 0 Å². The molecule has 2 heteroatoms. The van der Waals surface area contributed by atoms with Crippen LogP contribution in [0.1, 0.15) is 45.0 Å². The molecule has 98 valence electrons. The molecule has 2 nitrogen and oxygen atoms in total. The lowest BCUT2D eigenvalue weighted by Crippen LogP contribution is -2.24. The second-order valence-electron chi connectivity index (χ2n) is 6.10. The van der Waals surface area contributed by atoms with Gasteiger partial charge in [0.2, 0.25) is 0 Å². The van der Waals surface area contributed by atoms with Gasteiger partial charge in [0, 0.05) is 29.1 Å². The molecular formula is C16H23NO. The maximum Gasteiger partial charge on any atom is 0.0646 e. The normalized spacial score (nSPS) is 12.6. The third-order valence-corrected chi connectivity index (χ3v) is 3.31. The predicted molar refractivity (Wildman–Crippen MR) is 77.1 cm³/mol. The summed E-state index contributed by atoms with van der Waals surface area (Å²) in [6, 6.07) is 9.03. The summed E-state index contributed by atoms with van der Waals surface area (Å²) < 4.78 is 2.33. The Morgan fingerprint density at radius 1 is 1.28 bits per heavy atom. The molecular weight excluding hydrogens is 222 g/mol. The summed E-state index contributed by atoms with van der Waals surface area (Å²) in [4.78, 5) is 0. The fourth-order valence-corrected chi connectivity index (χ4v) is 2.64. The Morgan fingerprint density at radius 3 is 2.50 bits per heavy atom. The molecule has 0 atom stereocenters. The molecule has 0 amide bonds. The second-order valence-corrected chi connectivity index (χ2v) is 6.10. The SMILES string of the molecule is Cc1cccc2c1cc(CC(C)(C)O)n2C(C)C. The first-order valence-electron chi connectivity index (χ1n) is 6.61. The van der Waals surface area contributed by atoms with E-state index in [1.807, 2.05) is 13.8 Å². The van der Waals surface area contributed by atoms with E-state index in [1.54, 1.807) is 0 Å². The van der Waals surface area contributed by atoms with Crippen molar-refractivity contribution < 1.29 is 5.11 Å². The summed E-state index contributed by atoms with van der Waals surface area (Å²) in [5.41, 5.74) is 3.10. The number of hydrogen-bond donors (Lipinski definition) is 1. The number of aromatic nitrogens is 1. The molecule has 2 aromatic rings. The maximum atomic E-state index is 10.1. The first-order valence-corrected chi connectivity index (χ1v) is 6.61. The lowest BCUT2D eigenvalue weighted by atomic mass is 10.0. The quantitative estimate of drug-likeness (QED) is 0.873. The van der Waals surface area contributed by atoms with E-state index >= 15 is 0 Å². The molecule has 18 heavy (non-hydrogen) atoms. The summed E-state index contributed by atoms with van der Waals surface area (Å²) in [6.07, 6.45) is 0.680. The molecule has 0 unspecified atom stereocenters. The van der Waals surface area contributed by atoms with Crippen LogP contribution in [0.3, 0.4) is 0 Å². The van der Waals surface area contributed by atoms with Crippen molar-refractivity contribution in [3.8, 4) is 0 Å². The van der Waals surface area contributed by atoms with Gasteiger partial charge in [0.15, 0.2) is 0 Å². The molecule has 0 radical (unpaired) electrons. The number of aliphatic hydroxyl groups is 1. The average molecular weight is 245 g/mol. The monoisotopic (exact) mass is 245 g/mol. The number of rotatable bonds is 3. The average Bonchev–Trinajstić information content (AvgIpc) is 2.54. The smallest absolute Gasteiger partial charge is 0.0646 e. The number of fused-ring (bicyclic) bond motifs is 1. The summed E-state index contributed by atoms with van der Waals surface area (Å²) >= 11 is 0. The van der Waals surface area contributed by atoms with Crippen LogP contribution >= 0.6 is 0 Å². The molecule has 0 aliphatic rings. The number of nitrogens with zero attached hydrogens (tertiary/aromatic N) is 1. The van der Waals surface area contributed by atoms with Gasteiger partial charge >= 0.3 is 0 Å². The van der Waals surface area contributed by atoms with Crippen LogP contribution in [0.15, 0.2) is 24.3 Å². The number of hydrogen-bond acceptors (Lipinski definition) is 1. The minimum Gasteiger partial charge on any atom is -0.390 e. The van der Waals surface area contributed by atoms with Gasteiger partial charge in [0.05, 0.1) is 5.60 Å². The Bertz CT molecular complexity index is 558. The third-order valence-electron chi connectivity index (χ3n) is 3.31. The van der Waals surface area contributed by atoms with Crippen molar-refractivity contribution in [3.63, 3.8) is 0 Å². The Kier molecular flexibility index (Phi) is 3.24. The van der Waals surface area contributed by atoms with Gasteiger partial charge < -0.3 is 9.67 Å². The predicted octanol–water partition coefficient (Wildman–Crippen LogP) is 3.84. The highest BCUT2D eigenvalue weighted by molar-refractivity contribution is 5.84. The van der Waals surface area contributed by atoms with Gasteiger partial charge in [-0.3, -0.25) is 0 Å². The van der Waals surface area contributed by atoms with Crippen molar-refractivity contribution >= 4 is 10.9 Å². The molecule has 1 aromatic carbocycles. The molecule has 1 N–H and O–H groups in total. The van der Waals surface area contributed by atoms with Crippen molar-refractivity contribution in [1.82, 2.24) is 4.57 Å². The first kappa shape index (κ1) is 13.2. The minimum atomic E-state index is -0.672. The lowest BCUT2D eigenvalue weighted by Gasteiger charge is -2.21. The maximum absolute atomic E-state index is 10.1. The Morgan fingerprint density at radius 2 is 1.94 bits per heavy atom. The van der Waals surface area contributed by atoms with E-state index in [2.05, 4.69) is 49.6 Å². The van der Waals surface area contributed by atoms with Crippen molar-refractivity contribution in [2.45, 2.75) is 52.7 Å². The lowest BCUT2D eigenvalue weighted by molar-refractivity contribution is 0.0789. The Labute approximate surface area is 109 Å². The fraction of sp³-hybridized carbons (Fsp3) is 0.500. The van der Waals surface area contributed by atoms with E-state index in [1.165, 1.54) is 22.2 Å². The summed E-state index contributed by atoms with van der Waals surface area (Å²) in [5, 5.41) is 11.4. The van der Waals surface area contributed by atoms with E-state index in [9.17, 15) is 5.11 Å². The first-order chi connectivity index (χ1) is 8.29. The summed E-state index contributed by atoms with van der Waals surface area (Å²) in [6.45, 7) is 10.2. The fourth-order valence-electron chi connectivity index (χ4n) is 2.64. The second kappa shape index (κ2) is 4.43. The van der Waals surface area contributed by atoms with Crippen molar-refractivity contribution in [3.05, 3.63) is 35.5 Å². The van der Waals surface area contributed by atoms with Crippen LogP contribution in [0.2, 0.25) is 0 Å². The molecule has 0 saturated heterocycles. The van der Waals surface area contributed by atoms with Crippen LogP contribution in [0.4, 0.5) is 0 Å². The molecule has 2 rings (SSSR count). The standard InChI is InChI=1S/C16H23NO/c1-11(2)17-13(10-16(4,5)18)9-14-12(3)7-6-8-15(14)17/h6-9,11,18H,10H2,1-5H3. The van der Waals surface area contributed by atoms with Gasteiger partial charge in [-0.15, -0.1) is 0 Å².